The molecule has 1 aromatic rings. The third kappa shape index (κ3) is 1.23. The minimum Gasteiger partial charge on any atom is -0.398 e. The van der Waals surface area contributed by atoms with Crippen molar-refractivity contribution < 1.29 is 0 Å². The molecule has 1 atom stereocenters. The quantitative estimate of drug-likeness (QED) is 0.664. The lowest BCUT2D eigenvalue weighted by Crippen LogP contribution is -2.37. The lowest BCUT2D eigenvalue weighted by atomic mass is 9.78. The van der Waals surface area contributed by atoms with Crippen molar-refractivity contribution in [2.45, 2.75) is 25.3 Å². The second-order valence-corrected chi connectivity index (χ2v) is 3.92. The molecule has 1 aliphatic carbocycles. The molecule has 0 saturated carbocycles. The number of hydrogen-bond acceptors (Lipinski definition) is 2. The van der Waals surface area contributed by atoms with E-state index in [9.17, 15) is 0 Å². The predicted molar refractivity (Wildman–Crippen MR) is 60.7 cm³/mol. The van der Waals surface area contributed by atoms with Crippen LogP contribution in [-0.2, 0) is 5.54 Å². The zero-order valence-corrected chi connectivity index (χ0v) is 8.46. The van der Waals surface area contributed by atoms with Crippen LogP contribution in [0.4, 0.5) is 5.69 Å². The smallest absolute Gasteiger partial charge is 0.0448 e. The number of nitrogens with two attached hydrogens (primary N) is 2. The van der Waals surface area contributed by atoms with Gasteiger partial charge in [0, 0.05) is 16.8 Å². The Labute approximate surface area is 84.6 Å². The van der Waals surface area contributed by atoms with Gasteiger partial charge in [-0.2, -0.15) is 0 Å². The summed E-state index contributed by atoms with van der Waals surface area (Å²) < 4.78 is 0. The normalized spacial score (nSPS) is 24.7. The fraction of sp³-hybridized carbons (Fsp3) is 0.333. The molecule has 0 heterocycles. The van der Waals surface area contributed by atoms with E-state index in [0.717, 1.165) is 24.1 Å². The predicted octanol–water partition coefficient (Wildman–Crippen LogP) is 2.25. The van der Waals surface area contributed by atoms with Crippen LogP contribution >= 0.6 is 0 Å². The van der Waals surface area contributed by atoms with E-state index in [1.807, 2.05) is 12.1 Å². The SMILES string of the molecule is CCC1(N)CC=Cc2c(N)cccc21. The van der Waals surface area contributed by atoms with Gasteiger partial charge in [-0.15, -0.1) is 0 Å². The molecule has 4 N–H and O–H groups in total. The van der Waals surface area contributed by atoms with Crippen molar-refractivity contribution in [1.82, 2.24) is 0 Å². The first kappa shape index (κ1) is 9.28. The molecule has 1 unspecified atom stereocenters. The Hall–Kier alpha value is -1.28. The van der Waals surface area contributed by atoms with Gasteiger partial charge >= 0.3 is 0 Å². The highest BCUT2D eigenvalue weighted by Gasteiger charge is 2.28. The Morgan fingerprint density at radius 1 is 1.43 bits per heavy atom. The van der Waals surface area contributed by atoms with E-state index in [-0.39, 0.29) is 5.54 Å². The fourth-order valence-corrected chi connectivity index (χ4v) is 2.04. The van der Waals surface area contributed by atoms with Crippen molar-refractivity contribution in [3.8, 4) is 0 Å². The zero-order valence-electron chi connectivity index (χ0n) is 8.46. The zero-order chi connectivity index (χ0) is 10.2. The van der Waals surface area contributed by atoms with Crippen LogP contribution in [-0.4, -0.2) is 0 Å². The second kappa shape index (κ2) is 3.14. The molecule has 1 aliphatic rings. The van der Waals surface area contributed by atoms with Gasteiger partial charge in [0.2, 0.25) is 0 Å². The highest BCUT2D eigenvalue weighted by Crippen LogP contribution is 2.36. The molecule has 0 fully saturated rings. The second-order valence-electron chi connectivity index (χ2n) is 3.92. The van der Waals surface area contributed by atoms with E-state index in [0.29, 0.717) is 0 Å². The fourth-order valence-electron chi connectivity index (χ4n) is 2.04. The van der Waals surface area contributed by atoms with E-state index < -0.39 is 0 Å². The van der Waals surface area contributed by atoms with E-state index in [1.54, 1.807) is 0 Å². The van der Waals surface area contributed by atoms with Crippen LogP contribution in [0.3, 0.4) is 0 Å². The van der Waals surface area contributed by atoms with Gasteiger partial charge in [0.05, 0.1) is 0 Å². The van der Waals surface area contributed by atoms with Crippen molar-refractivity contribution in [2.24, 2.45) is 5.73 Å². The summed E-state index contributed by atoms with van der Waals surface area (Å²) in [6.07, 6.45) is 6.03. The molecule has 2 nitrogen and oxygen atoms in total. The van der Waals surface area contributed by atoms with Crippen LogP contribution < -0.4 is 11.5 Å². The first-order valence-electron chi connectivity index (χ1n) is 5.02. The third-order valence-corrected chi connectivity index (χ3v) is 3.07. The molecule has 0 spiro atoms. The van der Waals surface area contributed by atoms with Crippen molar-refractivity contribution >= 4 is 11.8 Å². The molecule has 0 saturated heterocycles. The lowest BCUT2D eigenvalue weighted by Gasteiger charge is -2.32. The minimum absolute atomic E-state index is 0.223. The Kier molecular flexibility index (Phi) is 2.08. The van der Waals surface area contributed by atoms with Gasteiger partial charge in [0.25, 0.3) is 0 Å². The number of hydrogen-bond donors (Lipinski definition) is 2. The molecule has 1 aromatic carbocycles. The summed E-state index contributed by atoms with van der Waals surface area (Å²) in [6.45, 7) is 2.12. The molecule has 0 aromatic heterocycles. The van der Waals surface area contributed by atoms with Crippen LogP contribution in [0.5, 0.6) is 0 Å². The van der Waals surface area contributed by atoms with E-state index >= 15 is 0 Å². The summed E-state index contributed by atoms with van der Waals surface area (Å²) in [5.74, 6) is 0. The maximum Gasteiger partial charge on any atom is 0.0448 e. The molecule has 74 valence electrons. The average molecular weight is 188 g/mol. The Morgan fingerprint density at radius 2 is 2.21 bits per heavy atom. The Balaban J connectivity index is 2.62. The largest absolute Gasteiger partial charge is 0.398 e. The summed E-state index contributed by atoms with van der Waals surface area (Å²) in [6, 6.07) is 5.98. The summed E-state index contributed by atoms with van der Waals surface area (Å²) in [5.41, 5.74) is 15.1. The molecule has 14 heavy (non-hydrogen) atoms. The molecule has 0 radical (unpaired) electrons. The Morgan fingerprint density at radius 3 is 2.93 bits per heavy atom. The first-order chi connectivity index (χ1) is 6.67. The monoisotopic (exact) mass is 188 g/mol. The molecule has 2 rings (SSSR count). The van der Waals surface area contributed by atoms with Crippen LogP contribution in [0, 0.1) is 0 Å². The summed E-state index contributed by atoms with van der Waals surface area (Å²) in [7, 11) is 0. The highest BCUT2D eigenvalue weighted by molar-refractivity contribution is 5.70. The molecular weight excluding hydrogens is 172 g/mol. The van der Waals surface area contributed by atoms with Gasteiger partial charge in [0.15, 0.2) is 0 Å². The summed E-state index contributed by atoms with van der Waals surface area (Å²) in [4.78, 5) is 0. The third-order valence-electron chi connectivity index (χ3n) is 3.07. The van der Waals surface area contributed by atoms with Crippen molar-refractivity contribution in [3.05, 3.63) is 35.4 Å². The number of nitrogen functional groups attached to an aromatic ring is 1. The van der Waals surface area contributed by atoms with Crippen molar-refractivity contribution in [2.75, 3.05) is 5.73 Å². The molecule has 0 aliphatic heterocycles. The Bertz CT molecular complexity index is 382. The maximum atomic E-state index is 6.33. The summed E-state index contributed by atoms with van der Waals surface area (Å²) in [5, 5.41) is 0. The van der Waals surface area contributed by atoms with Crippen molar-refractivity contribution in [3.63, 3.8) is 0 Å². The molecule has 2 heteroatoms. The van der Waals surface area contributed by atoms with Gasteiger partial charge in [-0.05, 0) is 24.5 Å². The van der Waals surface area contributed by atoms with Crippen LogP contribution in [0.25, 0.3) is 6.08 Å². The minimum atomic E-state index is -0.223. The first-order valence-corrected chi connectivity index (χ1v) is 5.02. The lowest BCUT2D eigenvalue weighted by molar-refractivity contribution is 0.430. The number of benzene rings is 1. The van der Waals surface area contributed by atoms with E-state index in [4.69, 9.17) is 11.5 Å². The standard InChI is InChI=1S/C12H16N2/c1-2-12(14)8-4-5-9-10(12)6-3-7-11(9)13/h3-7H,2,8,13-14H2,1H3. The molecule has 0 bridgehead atoms. The van der Waals surface area contributed by atoms with Gasteiger partial charge in [-0.25, -0.2) is 0 Å². The van der Waals surface area contributed by atoms with Crippen LogP contribution in [0.2, 0.25) is 0 Å². The van der Waals surface area contributed by atoms with Gasteiger partial charge in [-0.3, -0.25) is 0 Å². The highest BCUT2D eigenvalue weighted by atomic mass is 14.7. The van der Waals surface area contributed by atoms with E-state index in [2.05, 4.69) is 25.1 Å². The number of rotatable bonds is 1. The number of fused-ring (bicyclic) bond motifs is 1. The van der Waals surface area contributed by atoms with Gasteiger partial charge < -0.3 is 11.5 Å². The summed E-state index contributed by atoms with van der Waals surface area (Å²) >= 11 is 0. The van der Waals surface area contributed by atoms with Crippen LogP contribution in [0.15, 0.2) is 24.3 Å². The molecule has 0 amide bonds. The average Bonchev–Trinajstić information content (AvgIpc) is 2.20. The van der Waals surface area contributed by atoms with E-state index in [1.165, 1.54) is 5.56 Å². The van der Waals surface area contributed by atoms with Crippen LogP contribution in [0.1, 0.15) is 30.9 Å². The maximum absolute atomic E-state index is 6.33. The molecular formula is C12H16N2. The topological polar surface area (TPSA) is 52.0 Å². The van der Waals surface area contributed by atoms with Gasteiger partial charge in [-0.1, -0.05) is 31.2 Å². The van der Waals surface area contributed by atoms with Crippen molar-refractivity contribution in [1.29, 1.82) is 0 Å². The number of anilines is 1. The van der Waals surface area contributed by atoms with Gasteiger partial charge in [0.1, 0.15) is 0 Å².